The molecule has 0 fully saturated rings. The number of methoxy groups -OCH3 is 1. The predicted octanol–water partition coefficient (Wildman–Crippen LogP) is 4.49. The van der Waals surface area contributed by atoms with Gasteiger partial charge in [0.05, 0.1) is 5.69 Å². The number of carbonyl (C=O) groups is 1. The van der Waals surface area contributed by atoms with Crippen molar-refractivity contribution < 1.29 is 19.0 Å². The normalized spacial score (nSPS) is 15.7. The highest BCUT2D eigenvalue weighted by molar-refractivity contribution is 6.35. The van der Waals surface area contributed by atoms with E-state index in [0.717, 1.165) is 11.3 Å². The molecule has 0 spiro atoms. The van der Waals surface area contributed by atoms with E-state index in [1.165, 1.54) is 0 Å². The van der Waals surface area contributed by atoms with Gasteiger partial charge in [-0.3, -0.25) is 0 Å². The summed E-state index contributed by atoms with van der Waals surface area (Å²) in [6.07, 6.45) is 2.02. The number of hydrogen-bond donors (Lipinski definition) is 1. The van der Waals surface area contributed by atoms with Crippen molar-refractivity contribution >= 4 is 34.7 Å². The van der Waals surface area contributed by atoms with Crippen molar-refractivity contribution in [1.82, 2.24) is 9.78 Å². The summed E-state index contributed by atoms with van der Waals surface area (Å²) in [4.78, 5) is 11.2. The van der Waals surface area contributed by atoms with Crippen LogP contribution >= 0.6 is 23.2 Å². The highest BCUT2D eigenvalue weighted by atomic mass is 35.5. The number of hydrogen-bond acceptors (Lipinski definition) is 3. The molecule has 0 aliphatic heterocycles. The third kappa shape index (κ3) is 3.63. The van der Waals surface area contributed by atoms with Gasteiger partial charge in [0.2, 0.25) is 5.83 Å². The number of fused-ring (bicyclic) bond motifs is 1. The maximum atomic E-state index is 14.3. The van der Waals surface area contributed by atoms with Crippen LogP contribution in [0.5, 0.6) is 0 Å². The lowest BCUT2D eigenvalue weighted by Crippen LogP contribution is -2.12. The molecule has 0 amide bonds. The fourth-order valence-electron chi connectivity index (χ4n) is 3.26. The summed E-state index contributed by atoms with van der Waals surface area (Å²) in [5, 5.41) is 14.6. The molecule has 1 aliphatic carbocycles. The van der Waals surface area contributed by atoms with Gasteiger partial charge in [0.25, 0.3) is 0 Å². The largest absolute Gasteiger partial charge is 0.476 e. The molecule has 26 heavy (non-hydrogen) atoms. The first kappa shape index (κ1) is 18.9. The molecule has 0 saturated heterocycles. The van der Waals surface area contributed by atoms with Crippen molar-refractivity contribution in [1.29, 1.82) is 0 Å². The number of carboxylic acid groups (broad SMARTS) is 1. The zero-order chi connectivity index (χ0) is 18.8. The van der Waals surface area contributed by atoms with E-state index < -0.39 is 11.8 Å². The highest BCUT2D eigenvalue weighted by Gasteiger charge is 2.29. The number of halogens is 3. The van der Waals surface area contributed by atoms with Gasteiger partial charge in [-0.15, -0.1) is 0 Å². The Hall–Kier alpha value is -1.89. The maximum Gasteiger partial charge on any atom is 0.365 e. The number of aliphatic carboxylic acids is 1. The molecule has 1 N–H and O–H groups in total. The molecule has 5 nitrogen and oxygen atoms in total. The summed E-state index contributed by atoms with van der Waals surface area (Å²) < 4.78 is 21.1. The lowest BCUT2D eigenvalue weighted by atomic mass is 9.88. The smallest absolute Gasteiger partial charge is 0.365 e. The highest BCUT2D eigenvalue weighted by Crippen LogP contribution is 2.37. The van der Waals surface area contributed by atoms with Crippen molar-refractivity contribution in [3.05, 3.63) is 56.6 Å². The Morgan fingerprint density at radius 3 is 2.81 bits per heavy atom. The van der Waals surface area contributed by atoms with E-state index in [1.807, 2.05) is 0 Å². The quantitative estimate of drug-likeness (QED) is 0.753. The molecule has 0 bridgehead atoms. The van der Waals surface area contributed by atoms with Crippen LogP contribution in [-0.2, 0) is 29.1 Å². The summed E-state index contributed by atoms with van der Waals surface area (Å²) in [6, 6.07) is 5.13. The lowest BCUT2D eigenvalue weighted by molar-refractivity contribution is -0.134. The predicted molar refractivity (Wildman–Crippen MR) is 97.1 cm³/mol. The van der Waals surface area contributed by atoms with Gasteiger partial charge in [0, 0.05) is 40.4 Å². The summed E-state index contributed by atoms with van der Waals surface area (Å²) >= 11 is 12.2. The van der Waals surface area contributed by atoms with E-state index in [0.29, 0.717) is 47.0 Å². The van der Waals surface area contributed by atoms with E-state index in [2.05, 4.69) is 5.10 Å². The number of rotatable bonds is 5. The Morgan fingerprint density at radius 1 is 1.38 bits per heavy atom. The topological polar surface area (TPSA) is 64.4 Å². The second-order valence-electron chi connectivity index (χ2n) is 6.05. The summed E-state index contributed by atoms with van der Waals surface area (Å²) in [7, 11) is 1.54. The third-order valence-electron chi connectivity index (χ3n) is 4.35. The van der Waals surface area contributed by atoms with Gasteiger partial charge in [-0.2, -0.15) is 9.49 Å². The molecular weight excluding hydrogens is 382 g/mol. The zero-order valence-electron chi connectivity index (χ0n) is 14.1. The monoisotopic (exact) mass is 398 g/mol. The molecular formula is C18H17Cl2FN2O3. The van der Waals surface area contributed by atoms with Crippen molar-refractivity contribution in [2.75, 3.05) is 7.11 Å². The summed E-state index contributed by atoms with van der Waals surface area (Å²) in [5.41, 5.74) is 2.87. The van der Waals surface area contributed by atoms with E-state index in [1.54, 1.807) is 30.0 Å². The van der Waals surface area contributed by atoms with Crippen LogP contribution in [0, 0.1) is 0 Å². The SMILES string of the molecule is COCn1nc(Cc2ccc(Cl)cc2Cl)c2c1CCCC2=C(F)C(=O)O. The minimum absolute atomic E-state index is 0.182. The molecule has 0 unspecified atom stereocenters. The number of benzene rings is 1. The van der Waals surface area contributed by atoms with Gasteiger partial charge in [0.15, 0.2) is 0 Å². The Balaban J connectivity index is 2.13. The fraction of sp³-hybridized carbons (Fsp3) is 0.333. The first-order valence-electron chi connectivity index (χ1n) is 8.06. The molecule has 1 aromatic heterocycles. The molecule has 0 saturated carbocycles. The second kappa shape index (κ2) is 7.78. The molecule has 1 aromatic carbocycles. The number of ether oxygens (including phenoxy) is 1. The van der Waals surface area contributed by atoms with Gasteiger partial charge < -0.3 is 9.84 Å². The second-order valence-corrected chi connectivity index (χ2v) is 6.89. The summed E-state index contributed by atoms with van der Waals surface area (Å²) in [5.74, 6) is -2.70. The Morgan fingerprint density at radius 2 is 2.15 bits per heavy atom. The fourth-order valence-corrected chi connectivity index (χ4v) is 3.73. The first-order chi connectivity index (χ1) is 12.4. The van der Waals surface area contributed by atoms with Crippen LogP contribution < -0.4 is 0 Å². The van der Waals surface area contributed by atoms with Crippen LogP contribution in [-0.4, -0.2) is 28.0 Å². The van der Waals surface area contributed by atoms with Crippen LogP contribution in [0.1, 0.15) is 35.4 Å². The number of aromatic nitrogens is 2. The van der Waals surface area contributed by atoms with Crippen molar-refractivity contribution in [3.8, 4) is 0 Å². The van der Waals surface area contributed by atoms with Gasteiger partial charge >= 0.3 is 5.97 Å². The van der Waals surface area contributed by atoms with Crippen molar-refractivity contribution in [2.45, 2.75) is 32.4 Å². The molecule has 138 valence electrons. The number of carboxylic acids is 1. The molecule has 1 aliphatic rings. The average Bonchev–Trinajstić information content (AvgIpc) is 2.95. The Kier molecular flexibility index (Phi) is 5.65. The molecule has 0 atom stereocenters. The van der Waals surface area contributed by atoms with E-state index in [-0.39, 0.29) is 12.3 Å². The van der Waals surface area contributed by atoms with Crippen LogP contribution in [0.15, 0.2) is 24.0 Å². The van der Waals surface area contributed by atoms with Crippen LogP contribution in [0.25, 0.3) is 5.57 Å². The van der Waals surface area contributed by atoms with Gasteiger partial charge in [-0.25, -0.2) is 9.48 Å². The van der Waals surface area contributed by atoms with Crippen LogP contribution in [0.2, 0.25) is 10.0 Å². The van der Waals surface area contributed by atoms with Gasteiger partial charge in [-0.1, -0.05) is 29.3 Å². The molecule has 2 aromatic rings. The van der Waals surface area contributed by atoms with Crippen LogP contribution in [0.4, 0.5) is 4.39 Å². The molecule has 8 heteroatoms. The lowest BCUT2D eigenvalue weighted by Gasteiger charge is -2.18. The maximum absolute atomic E-state index is 14.3. The van der Waals surface area contributed by atoms with Crippen molar-refractivity contribution in [2.24, 2.45) is 0 Å². The van der Waals surface area contributed by atoms with Crippen LogP contribution in [0.3, 0.4) is 0 Å². The number of allylic oxidation sites excluding steroid dienone is 1. The van der Waals surface area contributed by atoms with E-state index in [9.17, 15) is 9.18 Å². The standard InChI is InChI=1S/C18H17Cl2FN2O3/c1-26-9-23-15-4-2-3-12(17(21)18(24)25)16(15)14(22-23)7-10-5-6-11(19)8-13(10)20/h5-6,8H,2-4,7,9H2,1H3,(H,24,25). The van der Waals surface area contributed by atoms with E-state index in [4.69, 9.17) is 33.0 Å². The Labute approximate surface area is 160 Å². The van der Waals surface area contributed by atoms with Crippen molar-refractivity contribution in [3.63, 3.8) is 0 Å². The number of nitrogens with zero attached hydrogens (tertiary/aromatic N) is 2. The van der Waals surface area contributed by atoms with Gasteiger partial charge in [-0.05, 0) is 37.0 Å². The summed E-state index contributed by atoms with van der Waals surface area (Å²) in [6.45, 7) is 0.207. The average molecular weight is 399 g/mol. The molecule has 3 rings (SSSR count). The minimum atomic E-state index is -1.57. The van der Waals surface area contributed by atoms with E-state index >= 15 is 0 Å². The molecule has 1 heterocycles. The first-order valence-corrected chi connectivity index (χ1v) is 8.81. The van der Waals surface area contributed by atoms with Gasteiger partial charge in [0.1, 0.15) is 6.73 Å². The zero-order valence-corrected chi connectivity index (χ0v) is 15.6. The minimum Gasteiger partial charge on any atom is -0.476 e. The Bertz CT molecular complexity index is 893. The molecule has 0 radical (unpaired) electrons. The third-order valence-corrected chi connectivity index (χ3v) is 4.94.